The van der Waals surface area contributed by atoms with E-state index in [1.807, 2.05) is 60.8 Å². The summed E-state index contributed by atoms with van der Waals surface area (Å²) in [7, 11) is 0. The quantitative estimate of drug-likeness (QED) is 0.366. The van der Waals surface area contributed by atoms with E-state index in [1.165, 1.54) is 4.90 Å². The number of hydrogen-bond acceptors (Lipinski definition) is 4. The molecule has 0 aliphatic heterocycles. The molecule has 0 saturated heterocycles. The van der Waals surface area contributed by atoms with E-state index in [9.17, 15) is 14.7 Å². The van der Waals surface area contributed by atoms with Crippen LogP contribution in [-0.4, -0.2) is 56.7 Å². The lowest BCUT2D eigenvalue weighted by molar-refractivity contribution is -0.131. The standard InChI is InChI=1S/C28H34ClN3O4/c1-28(26(30)34,16-20-17-31-24-13-7-5-11-22(20)24)32(21(18-33)15-19-9-3-2-4-10-19)27(35)36-25-14-8-6-12-23(25)29/h2-5,7,9-11,13,17,21,23,25,31,33H,6,8,12,14-16,18H2,1H3,(H2,30,34). The number of hydrogen-bond donors (Lipinski definition) is 3. The summed E-state index contributed by atoms with van der Waals surface area (Å²) in [6.07, 6.45) is 4.48. The van der Waals surface area contributed by atoms with Gasteiger partial charge in [0, 0.05) is 23.5 Å². The van der Waals surface area contributed by atoms with Crippen LogP contribution in [0.5, 0.6) is 0 Å². The number of H-pyrrole nitrogens is 1. The Morgan fingerprint density at radius 1 is 1.17 bits per heavy atom. The zero-order chi connectivity index (χ0) is 25.7. The summed E-state index contributed by atoms with van der Waals surface area (Å²) < 4.78 is 5.92. The van der Waals surface area contributed by atoms with Gasteiger partial charge >= 0.3 is 6.09 Å². The van der Waals surface area contributed by atoms with Crippen LogP contribution >= 0.6 is 11.6 Å². The fourth-order valence-electron chi connectivity index (χ4n) is 5.19. The third-order valence-corrected chi connectivity index (χ3v) is 7.73. The number of alkyl halides is 1. The molecule has 0 bridgehead atoms. The maximum absolute atomic E-state index is 13.8. The number of aliphatic hydroxyl groups is 1. The third kappa shape index (κ3) is 5.52. The average molecular weight is 512 g/mol. The van der Waals surface area contributed by atoms with Gasteiger partial charge in [-0.3, -0.25) is 9.69 Å². The Labute approximate surface area is 216 Å². The molecule has 4 rings (SSSR count). The SMILES string of the molecule is CC(Cc1c[nH]c2ccccc12)(C(N)=O)N(C(=O)OC1CCCCC1Cl)C(CO)Cc1ccccc1. The molecule has 4 atom stereocenters. The Hall–Kier alpha value is -3.03. The maximum Gasteiger partial charge on any atom is 0.411 e. The van der Waals surface area contributed by atoms with Crippen molar-refractivity contribution >= 4 is 34.5 Å². The number of aromatic amines is 1. The van der Waals surface area contributed by atoms with Gasteiger partial charge in [0.1, 0.15) is 11.6 Å². The first kappa shape index (κ1) is 26.0. The van der Waals surface area contributed by atoms with Gasteiger partial charge in [0.25, 0.3) is 0 Å². The summed E-state index contributed by atoms with van der Waals surface area (Å²) >= 11 is 6.49. The molecule has 8 heteroatoms. The van der Waals surface area contributed by atoms with Gasteiger partial charge in [-0.1, -0.05) is 55.0 Å². The number of benzene rings is 2. The number of carbonyl (C=O) groups excluding carboxylic acids is 2. The van der Waals surface area contributed by atoms with Crippen molar-refractivity contribution in [2.45, 2.75) is 68.5 Å². The van der Waals surface area contributed by atoms with Gasteiger partial charge in [-0.05, 0) is 49.8 Å². The van der Waals surface area contributed by atoms with Crippen LogP contribution < -0.4 is 5.73 Å². The highest BCUT2D eigenvalue weighted by atomic mass is 35.5. The Balaban J connectivity index is 1.72. The molecule has 2 aromatic carbocycles. The minimum Gasteiger partial charge on any atom is -0.444 e. The second-order valence-electron chi connectivity index (χ2n) is 9.79. The second-order valence-corrected chi connectivity index (χ2v) is 10.4. The number of ether oxygens (including phenoxy) is 1. The molecule has 192 valence electrons. The number of aliphatic hydroxyl groups excluding tert-OH is 1. The molecule has 1 heterocycles. The van der Waals surface area contributed by atoms with Gasteiger partial charge in [0.05, 0.1) is 18.0 Å². The van der Waals surface area contributed by atoms with Crippen LogP contribution in [0, 0.1) is 0 Å². The van der Waals surface area contributed by atoms with Gasteiger partial charge in [-0.2, -0.15) is 0 Å². The lowest BCUT2D eigenvalue weighted by Gasteiger charge is -2.43. The first-order chi connectivity index (χ1) is 17.3. The van der Waals surface area contributed by atoms with Crippen molar-refractivity contribution in [1.29, 1.82) is 0 Å². The summed E-state index contributed by atoms with van der Waals surface area (Å²) in [6.45, 7) is 1.28. The topological polar surface area (TPSA) is 109 Å². The zero-order valence-electron chi connectivity index (χ0n) is 20.5. The Morgan fingerprint density at radius 3 is 2.56 bits per heavy atom. The Kier molecular flexibility index (Phi) is 8.21. The van der Waals surface area contributed by atoms with E-state index < -0.39 is 29.7 Å². The molecule has 7 nitrogen and oxygen atoms in total. The number of fused-ring (bicyclic) bond motifs is 1. The van der Waals surface area contributed by atoms with Gasteiger partial charge in [0.15, 0.2) is 0 Å². The fourth-order valence-corrected chi connectivity index (χ4v) is 5.52. The highest BCUT2D eigenvalue weighted by Crippen LogP contribution is 2.32. The second kappa shape index (κ2) is 11.4. The summed E-state index contributed by atoms with van der Waals surface area (Å²) in [4.78, 5) is 31.5. The van der Waals surface area contributed by atoms with Crippen LogP contribution in [0.3, 0.4) is 0 Å². The van der Waals surface area contributed by atoms with E-state index in [2.05, 4.69) is 4.98 Å². The zero-order valence-corrected chi connectivity index (χ0v) is 21.3. The predicted octanol–water partition coefficient (Wildman–Crippen LogP) is 4.55. The number of carbonyl (C=O) groups is 2. The number of nitrogens with one attached hydrogen (secondary N) is 1. The number of nitrogens with two attached hydrogens (primary N) is 1. The molecule has 4 unspecified atom stereocenters. The fraction of sp³-hybridized carbons (Fsp3) is 0.429. The van der Waals surface area contributed by atoms with E-state index >= 15 is 0 Å². The van der Waals surface area contributed by atoms with Crippen LogP contribution in [0.2, 0.25) is 0 Å². The third-order valence-electron chi connectivity index (χ3n) is 7.23. The smallest absolute Gasteiger partial charge is 0.411 e. The summed E-state index contributed by atoms with van der Waals surface area (Å²) in [5.41, 5.74) is 7.22. The normalized spacial score (nSPS) is 20.4. The first-order valence-electron chi connectivity index (χ1n) is 12.5. The van der Waals surface area contributed by atoms with Crippen molar-refractivity contribution in [3.05, 3.63) is 71.9 Å². The van der Waals surface area contributed by atoms with Crippen molar-refractivity contribution in [1.82, 2.24) is 9.88 Å². The number of nitrogens with zero attached hydrogens (tertiary/aromatic N) is 1. The molecule has 0 radical (unpaired) electrons. The average Bonchev–Trinajstić information content (AvgIpc) is 3.28. The lowest BCUT2D eigenvalue weighted by Crippen LogP contribution is -2.64. The van der Waals surface area contributed by atoms with Crippen LogP contribution in [-0.2, 0) is 22.4 Å². The highest BCUT2D eigenvalue weighted by Gasteiger charge is 2.46. The van der Waals surface area contributed by atoms with Crippen molar-refractivity contribution in [2.75, 3.05) is 6.61 Å². The number of aromatic nitrogens is 1. The summed E-state index contributed by atoms with van der Waals surface area (Å²) in [5, 5.41) is 11.1. The van der Waals surface area contributed by atoms with Crippen molar-refractivity contribution in [3.63, 3.8) is 0 Å². The predicted molar refractivity (Wildman–Crippen MR) is 141 cm³/mol. The van der Waals surface area contributed by atoms with Crippen LogP contribution in [0.25, 0.3) is 10.9 Å². The molecule has 1 aliphatic carbocycles. The molecule has 3 aromatic rings. The number of amides is 2. The van der Waals surface area contributed by atoms with E-state index in [-0.39, 0.29) is 18.4 Å². The molecule has 1 saturated carbocycles. The summed E-state index contributed by atoms with van der Waals surface area (Å²) in [5.74, 6) is -0.678. The maximum atomic E-state index is 13.8. The van der Waals surface area contributed by atoms with Crippen molar-refractivity contribution < 1.29 is 19.4 Å². The molecule has 0 spiro atoms. The van der Waals surface area contributed by atoms with Crippen LogP contribution in [0.15, 0.2) is 60.8 Å². The minimum absolute atomic E-state index is 0.154. The van der Waals surface area contributed by atoms with E-state index in [1.54, 1.807) is 6.92 Å². The molecule has 36 heavy (non-hydrogen) atoms. The molecule has 2 amide bonds. The van der Waals surface area contributed by atoms with Gasteiger partial charge in [-0.25, -0.2) is 4.79 Å². The van der Waals surface area contributed by atoms with Crippen LogP contribution in [0.1, 0.15) is 43.7 Å². The van der Waals surface area contributed by atoms with E-state index in [0.29, 0.717) is 12.8 Å². The minimum atomic E-state index is -1.47. The molecular formula is C28H34ClN3O4. The number of para-hydroxylation sites is 1. The monoisotopic (exact) mass is 511 g/mol. The number of halogens is 1. The molecule has 1 aliphatic rings. The van der Waals surface area contributed by atoms with Crippen molar-refractivity contribution in [3.8, 4) is 0 Å². The Bertz CT molecular complexity index is 1180. The van der Waals surface area contributed by atoms with E-state index in [4.69, 9.17) is 22.1 Å². The molecule has 1 fully saturated rings. The lowest BCUT2D eigenvalue weighted by atomic mass is 9.87. The number of primary amides is 1. The molecular weight excluding hydrogens is 478 g/mol. The highest BCUT2D eigenvalue weighted by molar-refractivity contribution is 6.21. The van der Waals surface area contributed by atoms with Gasteiger partial charge in [0.2, 0.25) is 5.91 Å². The molecule has 4 N–H and O–H groups in total. The van der Waals surface area contributed by atoms with Crippen LogP contribution in [0.4, 0.5) is 4.79 Å². The largest absolute Gasteiger partial charge is 0.444 e. The van der Waals surface area contributed by atoms with Gasteiger partial charge in [-0.15, -0.1) is 11.6 Å². The van der Waals surface area contributed by atoms with Crippen molar-refractivity contribution in [2.24, 2.45) is 5.73 Å². The van der Waals surface area contributed by atoms with Gasteiger partial charge < -0.3 is 20.6 Å². The van der Waals surface area contributed by atoms with E-state index in [0.717, 1.165) is 41.3 Å². The Morgan fingerprint density at radius 2 is 1.86 bits per heavy atom. The molecule has 1 aromatic heterocycles. The summed E-state index contributed by atoms with van der Waals surface area (Å²) in [6, 6.07) is 16.5. The first-order valence-corrected chi connectivity index (χ1v) is 12.9. The number of rotatable bonds is 9.